The highest BCUT2D eigenvalue weighted by Crippen LogP contribution is 2.44. The van der Waals surface area contributed by atoms with Crippen molar-refractivity contribution in [1.29, 1.82) is 0 Å². The SMILES string of the molecule is c1cc(-c2ccc3cc4c(cc3c2)sc2ccccc24)cc(-c2nc(-c3cccc4ccccc34)c3ccccc3n2)c1.c1ccc(-c2nc(-c3cccc(-c4ccc5cc6c(cc5c4)oc4ccccc46)c3)nc3ccccc23)cc1.c1ccc(-c2nc(-c3cccc(-c4ccc5cc6c(cc5c4)sc4ccccc46)c3)nc3ccc4ccccc4c23)cc1. The monoisotopic (exact) mass is 1630 g/mol. The van der Waals surface area contributed by atoms with Gasteiger partial charge in [0.15, 0.2) is 17.5 Å². The van der Waals surface area contributed by atoms with Crippen molar-refractivity contribution in [3.05, 3.63) is 425 Å². The second-order valence-corrected chi connectivity index (χ2v) is 34.1. The first-order valence-electron chi connectivity index (χ1n) is 42.1. The number of aromatic nitrogens is 6. The third kappa shape index (κ3) is 13.4. The van der Waals surface area contributed by atoms with Gasteiger partial charge in [-0.3, -0.25) is 0 Å². The summed E-state index contributed by atoms with van der Waals surface area (Å²) in [6.07, 6.45) is 0. The van der Waals surface area contributed by atoms with Crippen LogP contribution in [0.5, 0.6) is 0 Å². The predicted octanol–water partition coefficient (Wildman–Crippen LogP) is 32.3. The molecule has 6 aromatic heterocycles. The molecular formula is C116H70N6OS2. The maximum atomic E-state index is 6.15. The molecule has 0 aliphatic carbocycles. The van der Waals surface area contributed by atoms with E-state index in [1.165, 1.54) is 99.9 Å². The Bertz CT molecular complexity index is 8830. The van der Waals surface area contributed by atoms with Gasteiger partial charge in [0.05, 0.1) is 33.6 Å². The number of benzene rings is 20. The molecule has 0 atom stereocenters. The molecule has 0 spiro atoms. The van der Waals surface area contributed by atoms with Crippen molar-refractivity contribution in [3.8, 4) is 101 Å². The number of fused-ring (bicyclic) bond motifs is 18. The minimum absolute atomic E-state index is 0.721. The number of hydrogen-bond acceptors (Lipinski definition) is 9. The maximum absolute atomic E-state index is 6.15. The van der Waals surface area contributed by atoms with Gasteiger partial charge in [-0.1, -0.05) is 315 Å². The minimum atomic E-state index is 0.721. The topological polar surface area (TPSA) is 90.5 Å². The summed E-state index contributed by atoms with van der Waals surface area (Å²) in [5, 5.41) is 22.9. The Kier molecular flexibility index (Phi) is 17.8. The van der Waals surface area contributed by atoms with Crippen molar-refractivity contribution in [2.45, 2.75) is 0 Å². The molecule has 20 aromatic carbocycles. The molecule has 0 bridgehead atoms. The molecule has 0 fully saturated rings. The summed E-state index contributed by atoms with van der Waals surface area (Å²) in [5.74, 6) is 2.19. The summed E-state index contributed by atoms with van der Waals surface area (Å²) in [6, 6.07) is 150. The van der Waals surface area contributed by atoms with E-state index < -0.39 is 0 Å². The molecule has 9 heteroatoms. The van der Waals surface area contributed by atoms with E-state index in [1.807, 2.05) is 77.3 Å². The number of nitrogens with zero attached hydrogens (tertiary/aromatic N) is 6. The Morgan fingerprint density at radius 2 is 0.544 bits per heavy atom. The fraction of sp³-hybridized carbons (Fsp3) is 0. The van der Waals surface area contributed by atoms with Gasteiger partial charge >= 0.3 is 0 Å². The highest BCUT2D eigenvalue weighted by Gasteiger charge is 2.21. The molecule has 0 unspecified atom stereocenters. The fourth-order valence-electron chi connectivity index (χ4n) is 18.2. The number of para-hydroxylation sites is 3. The van der Waals surface area contributed by atoms with Crippen LogP contribution in [0.3, 0.4) is 0 Å². The molecule has 0 aliphatic rings. The molecule has 0 N–H and O–H groups in total. The van der Waals surface area contributed by atoms with Crippen LogP contribution in [-0.2, 0) is 0 Å². The predicted molar refractivity (Wildman–Crippen MR) is 528 cm³/mol. The van der Waals surface area contributed by atoms with Crippen molar-refractivity contribution in [3.63, 3.8) is 0 Å². The zero-order valence-corrected chi connectivity index (χ0v) is 69.0. The van der Waals surface area contributed by atoms with Gasteiger partial charge in [0.1, 0.15) is 11.2 Å². The molecule has 0 saturated heterocycles. The van der Waals surface area contributed by atoms with Crippen molar-refractivity contribution in [1.82, 2.24) is 29.9 Å². The summed E-state index contributed by atoms with van der Waals surface area (Å²) in [6.45, 7) is 0. The molecule has 6 heterocycles. The first-order chi connectivity index (χ1) is 61.9. The lowest BCUT2D eigenvalue weighted by molar-refractivity contribution is 0.669. The maximum Gasteiger partial charge on any atom is 0.160 e. The van der Waals surface area contributed by atoms with Gasteiger partial charge in [-0.25, -0.2) is 29.9 Å². The van der Waals surface area contributed by atoms with E-state index in [0.29, 0.717) is 0 Å². The highest BCUT2D eigenvalue weighted by atomic mass is 32.1. The number of hydrogen-bond donors (Lipinski definition) is 0. The van der Waals surface area contributed by atoms with E-state index in [9.17, 15) is 0 Å². The van der Waals surface area contributed by atoms with Crippen LogP contribution in [0.1, 0.15) is 0 Å². The first-order valence-corrected chi connectivity index (χ1v) is 43.7. The van der Waals surface area contributed by atoms with E-state index in [2.05, 4.69) is 370 Å². The quantitative estimate of drug-likeness (QED) is 0.133. The largest absolute Gasteiger partial charge is 0.456 e. The molecule has 0 saturated carbocycles. The van der Waals surface area contributed by atoms with Crippen molar-refractivity contribution >= 4 is 172 Å². The second-order valence-electron chi connectivity index (χ2n) is 31.9. The molecule has 0 amide bonds. The van der Waals surface area contributed by atoms with Crippen molar-refractivity contribution in [2.24, 2.45) is 0 Å². The molecule has 7 nitrogen and oxygen atoms in total. The van der Waals surface area contributed by atoms with Gasteiger partial charge in [-0.05, 0) is 196 Å². The fourth-order valence-corrected chi connectivity index (χ4v) is 20.4. The van der Waals surface area contributed by atoms with Crippen LogP contribution in [0.2, 0.25) is 0 Å². The molecule has 26 aromatic rings. The normalized spacial score (nSPS) is 11.7. The zero-order chi connectivity index (χ0) is 82.4. The summed E-state index contributed by atoms with van der Waals surface area (Å²) in [7, 11) is 0. The average molecular weight is 1630 g/mol. The number of furan rings is 1. The molecule has 0 radical (unpaired) electrons. The van der Waals surface area contributed by atoms with E-state index in [4.69, 9.17) is 34.3 Å². The van der Waals surface area contributed by atoms with Crippen LogP contribution in [-0.4, -0.2) is 29.9 Å². The molecule has 0 aliphatic heterocycles. The number of rotatable bonds is 9. The Hall–Kier alpha value is -16.0. The van der Waals surface area contributed by atoms with Crippen LogP contribution in [0.4, 0.5) is 0 Å². The summed E-state index contributed by atoms with van der Waals surface area (Å²) in [4.78, 5) is 30.6. The van der Waals surface area contributed by atoms with Gasteiger partial charge in [-0.2, -0.15) is 0 Å². The van der Waals surface area contributed by atoms with E-state index in [-0.39, 0.29) is 0 Å². The lowest BCUT2D eigenvalue weighted by atomic mass is 9.97. The highest BCUT2D eigenvalue weighted by molar-refractivity contribution is 7.26. The lowest BCUT2D eigenvalue weighted by Gasteiger charge is -2.13. The van der Waals surface area contributed by atoms with Crippen molar-refractivity contribution < 1.29 is 4.42 Å². The third-order valence-corrected chi connectivity index (χ3v) is 26.6. The van der Waals surface area contributed by atoms with Crippen LogP contribution < -0.4 is 0 Å². The Labute approximate surface area is 726 Å². The van der Waals surface area contributed by atoms with Gasteiger partial charge in [0.2, 0.25) is 0 Å². The van der Waals surface area contributed by atoms with Crippen molar-refractivity contribution in [2.75, 3.05) is 0 Å². The molecular weight excluding hydrogens is 1560 g/mol. The summed E-state index contributed by atoms with van der Waals surface area (Å²) < 4.78 is 11.5. The summed E-state index contributed by atoms with van der Waals surface area (Å²) in [5.41, 5.74) is 20.8. The van der Waals surface area contributed by atoms with Crippen LogP contribution in [0.15, 0.2) is 429 Å². The third-order valence-electron chi connectivity index (χ3n) is 24.3. The van der Waals surface area contributed by atoms with Gasteiger partial charge in [0.25, 0.3) is 0 Å². The lowest BCUT2D eigenvalue weighted by Crippen LogP contribution is -1.96. The Morgan fingerprint density at radius 1 is 0.168 bits per heavy atom. The van der Waals surface area contributed by atoms with Gasteiger partial charge < -0.3 is 4.42 Å². The Morgan fingerprint density at radius 3 is 1.10 bits per heavy atom. The van der Waals surface area contributed by atoms with Gasteiger partial charge in [-0.15, -0.1) is 22.7 Å². The van der Waals surface area contributed by atoms with E-state index in [1.54, 1.807) is 0 Å². The van der Waals surface area contributed by atoms with Gasteiger partial charge in [0, 0.05) is 101 Å². The van der Waals surface area contributed by atoms with E-state index in [0.717, 1.165) is 150 Å². The van der Waals surface area contributed by atoms with E-state index >= 15 is 0 Å². The first kappa shape index (κ1) is 72.9. The minimum Gasteiger partial charge on any atom is -0.456 e. The molecule has 582 valence electrons. The average Bonchev–Trinajstić information content (AvgIpc) is 1.63. The summed E-state index contributed by atoms with van der Waals surface area (Å²) >= 11 is 3.72. The molecule has 125 heavy (non-hydrogen) atoms. The van der Waals surface area contributed by atoms with Crippen LogP contribution in [0.25, 0.3) is 250 Å². The standard InChI is InChI=1S/2C40H24N2S.C36H22N2O/c1-2-13-31-25(9-1)10-8-16-33(31)39-34-15-3-5-17-36(34)41-40(42-39)29-12-7-11-26(21-29)27-19-20-28-23-35-32-14-4-6-18-37(32)43-38(35)24-30(28)22-27;1-2-10-26(11-3-1)39-38-32-14-5-4-9-25(32)19-20-35(38)41-40(42-39)30-13-8-12-27(21-30)28-17-18-29-23-34-33-15-6-7-16-36(33)43-37(34)24-31(29)22-28;1-2-9-23(10-3-1)35-30-14-4-6-15-32(30)37-36(38-35)27-12-8-11-24(19-27)25-17-18-26-21-31-29-13-5-7-16-33(29)39-34(31)22-28(26)20-25/h2*1-24H;1-22H. The smallest absolute Gasteiger partial charge is 0.160 e. The second kappa shape index (κ2) is 30.6. The van der Waals surface area contributed by atoms with Crippen LogP contribution in [0, 0.1) is 0 Å². The Balaban J connectivity index is 0.000000105. The number of thiophene rings is 2. The van der Waals surface area contributed by atoms with Crippen LogP contribution >= 0.6 is 22.7 Å². The zero-order valence-electron chi connectivity index (χ0n) is 67.3. The molecule has 26 rings (SSSR count).